The summed E-state index contributed by atoms with van der Waals surface area (Å²) in [6.07, 6.45) is 8.74. The van der Waals surface area contributed by atoms with Gasteiger partial charge in [0.15, 0.2) is 0 Å². The molecule has 140 valence electrons. The van der Waals surface area contributed by atoms with E-state index in [4.69, 9.17) is 9.72 Å². The van der Waals surface area contributed by atoms with Crippen LogP contribution in [0.3, 0.4) is 0 Å². The lowest BCUT2D eigenvalue weighted by molar-refractivity contribution is 0.0188. The number of fused-ring (bicyclic) bond motifs is 1. The molecule has 0 spiro atoms. The van der Waals surface area contributed by atoms with Gasteiger partial charge in [-0.05, 0) is 46.5 Å². The summed E-state index contributed by atoms with van der Waals surface area (Å²) in [5.41, 5.74) is 0.752. The number of aromatic nitrogens is 2. The van der Waals surface area contributed by atoms with E-state index in [1.807, 2.05) is 25.7 Å². The smallest absolute Gasteiger partial charge is 0.410 e. The maximum atomic E-state index is 12.2. The molecule has 0 unspecified atom stereocenters. The molecule has 0 radical (unpaired) electrons. The SMILES string of the molecule is CC(C)(C)OC(=O)N1CCC[C@@H](NCCc2cn3c(n2)CCCC3)C1. The van der Waals surface area contributed by atoms with Crippen LogP contribution < -0.4 is 5.32 Å². The second-order valence-electron chi connectivity index (χ2n) is 8.27. The average Bonchev–Trinajstić information content (AvgIpc) is 2.96. The molecule has 1 N–H and O–H groups in total. The number of nitrogens with zero attached hydrogens (tertiary/aromatic N) is 3. The second-order valence-corrected chi connectivity index (χ2v) is 8.27. The molecular weight excluding hydrogens is 316 g/mol. The van der Waals surface area contributed by atoms with Gasteiger partial charge in [-0.1, -0.05) is 0 Å². The minimum atomic E-state index is -0.433. The molecule has 1 fully saturated rings. The summed E-state index contributed by atoms with van der Waals surface area (Å²) < 4.78 is 7.80. The lowest BCUT2D eigenvalue weighted by atomic mass is 10.1. The number of likely N-dealkylation sites (tertiary alicyclic amines) is 1. The molecule has 6 heteroatoms. The van der Waals surface area contributed by atoms with Gasteiger partial charge in [0.25, 0.3) is 0 Å². The number of carbonyl (C=O) groups is 1. The van der Waals surface area contributed by atoms with Gasteiger partial charge in [0, 0.05) is 51.3 Å². The standard InChI is InChI=1S/C19H32N4O2/c1-19(2,3)25-18(24)23-12-6-7-15(13-23)20-10-9-16-14-22-11-5-4-8-17(22)21-16/h14-15,20H,4-13H2,1-3H3/t15-/m1/s1. The van der Waals surface area contributed by atoms with Gasteiger partial charge in [0.1, 0.15) is 11.4 Å². The van der Waals surface area contributed by atoms with Crippen molar-refractivity contribution in [3.63, 3.8) is 0 Å². The molecular formula is C19H32N4O2. The number of aryl methyl sites for hydroxylation is 2. The van der Waals surface area contributed by atoms with E-state index >= 15 is 0 Å². The van der Waals surface area contributed by atoms with Crippen molar-refractivity contribution in [3.05, 3.63) is 17.7 Å². The third-order valence-corrected chi connectivity index (χ3v) is 4.85. The molecule has 2 aliphatic rings. The summed E-state index contributed by atoms with van der Waals surface area (Å²) in [6, 6.07) is 0.346. The number of ether oxygens (including phenoxy) is 1. The maximum absolute atomic E-state index is 12.2. The summed E-state index contributed by atoms with van der Waals surface area (Å²) in [4.78, 5) is 18.8. The molecule has 0 aromatic carbocycles. The summed E-state index contributed by atoms with van der Waals surface area (Å²) >= 11 is 0. The highest BCUT2D eigenvalue weighted by Gasteiger charge is 2.27. The highest BCUT2D eigenvalue weighted by atomic mass is 16.6. The molecule has 6 nitrogen and oxygen atoms in total. The first-order valence-electron chi connectivity index (χ1n) is 9.67. The Morgan fingerprint density at radius 3 is 2.92 bits per heavy atom. The molecule has 0 bridgehead atoms. The number of rotatable bonds is 4. The quantitative estimate of drug-likeness (QED) is 0.909. The Hall–Kier alpha value is -1.56. The molecule has 0 saturated carbocycles. The Bertz CT molecular complexity index is 567. The van der Waals surface area contributed by atoms with Crippen LogP contribution in [0.4, 0.5) is 4.79 Å². The number of amides is 1. The first-order chi connectivity index (χ1) is 11.9. The molecule has 25 heavy (non-hydrogen) atoms. The van der Waals surface area contributed by atoms with Crippen LogP contribution in [-0.4, -0.2) is 51.8 Å². The van der Waals surface area contributed by atoms with Crippen molar-refractivity contribution in [1.82, 2.24) is 19.8 Å². The zero-order valence-electron chi connectivity index (χ0n) is 15.9. The lowest BCUT2D eigenvalue weighted by Gasteiger charge is -2.34. The van der Waals surface area contributed by atoms with Gasteiger partial charge < -0.3 is 19.5 Å². The van der Waals surface area contributed by atoms with E-state index in [0.29, 0.717) is 6.04 Å². The fraction of sp³-hybridized carbons (Fsp3) is 0.789. The average molecular weight is 348 g/mol. The first-order valence-corrected chi connectivity index (χ1v) is 9.67. The number of carbonyl (C=O) groups excluding carboxylic acids is 1. The van der Waals surface area contributed by atoms with Crippen molar-refractivity contribution in [1.29, 1.82) is 0 Å². The van der Waals surface area contributed by atoms with Crippen LogP contribution in [0.15, 0.2) is 6.20 Å². The third kappa shape index (κ3) is 5.21. The summed E-state index contributed by atoms with van der Waals surface area (Å²) in [5, 5.41) is 3.60. The van der Waals surface area contributed by atoms with Gasteiger partial charge in [-0.2, -0.15) is 0 Å². The van der Waals surface area contributed by atoms with Crippen molar-refractivity contribution < 1.29 is 9.53 Å². The van der Waals surface area contributed by atoms with Gasteiger partial charge in [0.05, 0.1) is 5.69 Å². The molecule has 1 atom stereocenters. The molecule has 0 aliphatic carbocycles. The van der Waals surface area contributed by atoms with Gasteiger partial charge in [-0.3, -0.25) is 0 Å². The Labute approximate surface area is 150 Å². The monoisotopic (exact) mass is 348 g/mol. The molecule has 1 saturated heterocycles. The van der Waals surface area contributed by atoms with Crippen LogP contribution in [0.2, 0.25) is 0 Å². The van der Waals surface area contributed by atoms with E-state index in [1.165, 1.54) is 24.4 Å². The Morgan fingerprint density at radius 1 is 1.32 bits per heavy atom. The highest BCUT2D eigenvalue weighted by molar-refractivity contribution is 5.68. The van der Waals surface area contributed by atoms with Crippen LogP contribution in [0.25, 0.3) is 0 Å². The van der Waals surface area contributed by atoms with E-state index in [1.54, 1.807) is 0 Å². The van der Waals surface area contributed by atoms with Crippen molar-refractivity contribution >= 4 is 6.09 Å². The van der Waals surface area contributed by atoms with Crippen LogP contribution >= 0.6 is 0 Å². The number of imidazole rings is 1. The van der Waals surface area contributed by atoms with Crippen molar-refractivity contribution in [2.75, 3.05) is 19.6 Å². The van der Waals surface area contributed by atoms with Crippen molar-refractivity contribution in [2.45, 2.75) is 77.5 Å². The van der Waals surface area contributed by atoms with E-state index in [2.05, 4.69) is 16.1 Å². The topological polar surface area (TPSA) is 59.4 Å². The number of nitrogens with one attached hydrogen (secondary N) is 1. The van der Waals surface area contributed by atoms with Crippen LogP contribution in [0.5, 0.6) is 0 Å². The number of piperidine rings is 1. The van der Waals surface area contributed by atoms with Crippen LogP contribution in [0.1, 0.15) is 58.0 Å². The number of hydrogen-bond acceptors (Lipinski definition) is 4. The van der Waals surface area contributed by atoms with Crippen molar-refractivity contribution in [3.8, 4) is 0 Å². The van der Waals surface area contributed by atoms with Gasteiger partial charge in [0.2, 0.25) is 0 Å². The third-order valence-electron chi connectivity index (χ3n) is 4.85. The fourth-order valence-electron chi connectivity index (χ4n) is 3.63. The Balaban J connectivity index is 1.43. The van der Waals surface area contributed by atoms with E-state index in [9.17, 15) is 4.79 Å². The van der Waals surface area contributed by atoms with Gasteiger partial charge in [-0.25, -0.2) is 9.78 Å². The molecule has 2 aliphatic heterocycles. The number of hydrogen-bond donors (Lipinski definition) is 1. The molecule has 1 amide bonds. The molecule has 3 rings (SSSR count). The minimum absolute atomic E-state index is 0.194. The zero-order valence-corrected chi connectivity index (χ0v) is 15.9. The second kappa shape index (κ2) is 7.77. The van der Waals surface area contributed by atoms with E-state index < -0.39 is 5.60 Å². The summed E-state index contributed by atoms with van der Waals surface area (Å²) in [7, 11) is 0. The normalized spacial score (nSPS) is 21.1. The molecule has 1 aromatic rings. The maximum Gasteiger partial charge on any atom is 0.410 e. The highest BCUT2D eigenvalue weighted by Crippen LogP contribution is 2.16. The van der Waals surface area contributed by atoms with E-state index in [-0.39, 0.29) is 6.09 Å². The zero-order chi connectivity index (χ0) is 17.9. The predicted molar refractivity (Wildman–Crippen MR) is 97.7 cm³/mol. The minimum Gasteiger partial charge on any atom is -0.444 e. The van der Waals surface area contributed by atoms with Gasteiger partial charge in [-0.15, -0.1) is 0 Å². The molecule has 1 aromatic heterocycles. The Morgan fingerprint density at radius 2 is 2.16 bits per heavy atom. The summed E-state index contributed by atoms with van der Waals surface area (Å²) in [6.45, 7) is 9.28. The largest absolute Gasteiger partial charge is 0.444 e. The van der Waals surface area contributed by atoms with Crippen molar-refractivity contribution in [2.24, 2.45) is 0 Å². The fourth-order valence-corrected chi connectivity index (χ4v) is 3.63. The first kappa shape index (κ1) is 18.2. The predicted octanol–water partition coefficient (Wildman–Crippen LogP) is 2.75. The van der Waals surface area contributed by atoms with E-state index in [0.717, 1.165) is 51.9 Å². The summed E-state index contributed by atoms with van der Waals surface area (Å²) in [5.74, 6) is 1.25. The Kier molecular flexibility index (Phi) is 5.67. The van der Waals surface area contributed by atoms with Crippen LogP contribution in [-0.2, 0) is 24.1 Å². The molecule has 3 heterocycles. The lowest BCUT2D eigenvalue weighted by Crippen LogP contribution is -2.49. The van der Waals surface area contributed by atoms with Gasteiger partial charge >= 0.3 is 6.09 Å². The van der Waals surface area contributed by atoms with Crippen LogP contribution in [0, 0.1) is 0 Å².